The zero-order chi connectivity index (χ0) is 18.9. The third-order valence-corrected chi connectivity index (χ3v) is 4.16. The molecule has 0 amide bonds. The van der Waals surface area contributed by atoms with Crippen molar-refractivity contribution in [3.63, 3.8) is 0 Å². The van der Waals surface area contributed by atoms with E-state index in [4.69, 9.17) is 9.47 Å². The van der Waals surface area contributed by atoms with E-state index in [2.05, 4.69) is 25.5 Å². The molecule has 1 aromatic carbocycles. The average Bonchev–Trinajstić information content (AvgIpc) is 2.70. The summed E-state index contributed by atoms with van der Waals surface area (Å²) in [4.78, 5) is 23.2. The summed E-state index contributed by atoms with van der Waals surface area (Å²) in [5.41, 5.74) is 1.12. The van der Waals surface area contributed by atoms with Gasteiger partial charge in [-0.05, 0) is 25.1 Å². The molecule has 1 saturated heterocycles. The van der Waals surface area contributed by atoms with E-state index < -0.39 is 0 Å². The Hall–Kier alpha value is -2.71. The minimum atomic E-state index is -0.362. The largest absolute Gasteiger partial charge is 0.462 e. The van der Waals surface area contributed by atoms with Crippen molar-refractivity contribution in [2.24, 2.45) is 0 Å². The number of nitrogens with one attached hydrogen (secondary N) is 2. The second-order valence-electron chi connectivity index (χ2n) is 6.04. The minimum Gasteiger partial charge on any atom is -0.462 e. The van der Waals surface area contributed by atoms with Crippen molar-refractivity contribution in [1.82, 2.24) is 14.9 Å². The molecular formula is C19H25N5O3. The highest BCUT2D eigenvalue weighted by Gasteiger charge is 2.13. The van der Waals surface area contributed by atoms with Gasteiger partial charge in [-0.15, -0.1) is 0 Å². The van der Waals surface area contributed by atoms with Crippen LogP contribution in [-0.2, 0) is 9.47 Å². The third-order valence-electron chi connectivity index (χ3n) is 4.16. The molecule has 8 nitrogen and oxygen atoms in total. The van der Waals surface area contributed by atoms with Gasteiger partial charge in [0.2, 0.25) is 5.95 Å². The van der Waals surface area contributed by atoms with Crippen molar-refractivity contribution in [2.75, 3.05) is 56.6 Å². The van der Waals surface area contributed by atoms with Crippen molar-refractivity contribution in [1.29, 1.82) is 0 Å². The van der Waals surface area contributed by atoms with Gasteiger partial charge in [-0.1, -0.05) is 12.1 Å². The van der Waals surface area contributed by atoms with Crippen LogP contribution in [0.15, 0.2) is 36.5 Å². The van der Waals surface area contributed by atoms with Crippen LogP contribution < -0.4 is 10.6 Å². The molecule has 0 spiro atoms. The van der Waals surface area contributed by atoms with E-state index in [9.17, 15) is 4.79 Å². The molecule has 0 radical (unpaired) electrons. The first-order chi connectivity index (χ1) is 13.3. The summed E-state index contributed by atoms with van der Waals surface area (Å²) in [6.07, 6.45) is 1.68. The van der Waals surface area contributed by atoms with Crippen LogP contribution in [0.5, 0.6) is 0 Å². The molecule has 0 bridgehead atoms. The summed E-state index contributed by atoms with van der Waals surface area (Å²) < 4.78 is 10.5. The van der Waals surface area contributed by atoms with E-state index >= 15 is 0 Å². The van der Waals surface area contributed by atoms with Gasteiger partial charge in [0, 0.05) is 32.4 Å². The number of carbonyl (C=O) groups excluding carboxylic acids is 1. The maximum atomic E-state index is 12.1. The molecule has 3 rings (SSSR count). The summed E-state index contributed by atoms with van der Waals surface area (Å²) in [5.74, 6) is 0.788. The van der Waals surface area contributed by atoms with Crippen LogP contribution in [0.3, 0.4) is 0 Å². The van der Waals surface area contributed by atoms with Gasteiger partial charge in [0.25, 0.3) is 0 Å². The number of hydrogen-bond donors (Lipinski definition) is 2. The lowest BCUT2D eigenvalue weighted by Crippen LogP contribution is -2.39. The van der Waals surface area contributed by atoms with Gasteiger partial charge in [-0.3, -0.25) is 4.90 Å². The van der Waals surface area contributed by atoms with Crippen LogP contribution in [0.4, 0.5) is 17.5 Å². The molecule has 2 N–H and O–H groups in total. The smallest absolute Gasteiger partial charge is 0.340 e. The van der Waals surface area contributed by atoms with Crippen molar-refractivity contribution < 1.29 is 14.3 Å². The molecular weight excluding hydrogens is 346 g/mol. The number of ether oxygens (including phenoxy) is 2. The molecule has 27 heavy (non-hydrogen) atoms. The van der Waals surface area contributed by atoms with Gasteiger partial charge in [0.15, 0.2) is 0 Å². The molecule has 0 saturated carbocycles. The minimum absolute atomic E-state index is 0.331. The Labute approximate surface area is 158 Å². The number of rotatable bonds is 8. The first-order valence-corrected chi connectivity index (χ1v) is 9.16. The molecule has 1 aliphatic rings. The van der Waals surface area contributed by atoms with Crippen LogP contribution in [-0.4, -0.2) is 66.8 Å². The normalized spacial score (nSPS) is 14.6. The fourth-order valence-electron chi connectivity index (χ4n) is 2.78. The Morgan fingerprint density at radius 1 is 1.26 bits per heavy atom. The summed E-state index contributed by atoms with van der Waals surface area (Å²) in [7, 11) is 0. The highest BCUT2D eigenvalue weighted by Crippen LogP contribution is 2.20. The van der Waals surface area contributed by atoms with E-state index in [0.29, 0.717) is 29.6 Å². The maximum Gasteiger partial charge on any atom is 0.340 e. The fraction of sp³-hybridized carbons (Fsp3) is 0.421. The summed E-state index contributed by atoms with van der Waals surface area (Å²) in [5, 5.41) is 6.41. The average molecular weight is 371 g/mol. The number of benzene rings is 1. The molecule has 1 fully saturated rings. The monoisotopic (exact) mass is 371 g/mol. The molecule has 2 aromatic rings. The van der Waals surface area contributed by atoms with Crippen molar-refractivity contribution in [3.05, 3.63) is 42.1 Å². The second-order valence-corrected chi connectivity index (χ2v) is 6.04. The van der Waals surface area contributed by atoms with Crippen molar-refractivity contribution >= 4 is 23.4 Å². The Kier molecular flexibility index (Phi) is 6.95. The second kappa shape index (κ2) is 9.84. The SMILES string of the molecule is CCOC(=O)c1ccccc1Nc1ccnc(NCCN2CCOCC2)n1. The van der Waals surface area contributed by atoms with Crippen LogP contribution in [0, 0.1) is 0 Å². The lowest BCUT2D eigenvalue weighted by molar-refractivity contribution is 0.0398. The molecule has 1 aromatic heterocycles. The highest BCUT2D eigenvalue weighted by molar-refractivity contribution is 5.96. The molecule has 0 unspecified atom stereocenters. The molecule has 144 valence electrons. The van der Waals surface area contributed by atoms with Gasteiger partial charge in [-0.25, -0.2) is 9.78 Å². The summed E-state index contributed by atoms with van der Waals surface area (Å²) >= 11 is 0. The van der Waals surface area contributed by atoms with Gasteiger partial charge >= 0.3 is 5.97 Å². The molecule has 0 atom stereocenters. The van der Waals surface area contributed by atoms with E-state index in [1.807, 2.05) is 12.1 Å². The number of morpholine rings is 1. The topological polar surface area (TPSA) is 88.6 Å². The highest BCUT2D eigenvalue weighted by atomic mass is 16.5. The molecule has 8 heteroatoms. The lowest BCUT2D eigenvalue weighted by atomic mass is 10.2. The van der Waals surface area contributed by atoms with E-state index in [0.717, 1.165) is 39.4 Å². The Morgan fingerprint density at radius 3 is 2.89 bits per heavy atom. The van der Waals surface area contributed by atoms with Crippen LogP contribution in [0.2, 0.25) is 0 Å². The number of nitrogens with zero attached hydrogens (tertiary/aromatic N) is 3. The number of carbonyl (C=O) groups is 1. The Morgan fingerprint density at radius 2 is 2.07 bits per heavy atom. The van der Waals surface area contributed by atoms with Crippen LogP contribution >= 0.6 is 0 Å². The zero-order valence-corrected chi connectivity index (χ0v) is 15.5. The van der Waals surface area contributed by atoms with Gasteiger partial charge in [0.05, 0.1) is 31.1 Å². The number of aromatic nitrogens is 2. The number of esters is 1. The van der Waals surface area contributed by atoms with Gasteiger partial charge in [-0.2, -0.15) is 4.98 Å². The number of hydrogen-bond acceptors (Lipinski definition) is 8. The number of para-hydroxylation sites is 1. The first kappa shape index (κ1) is 19.1. The van der Waals surface area contributed by atoms with Crippen molar-refractivity contribution in [2.45, 2.75) is 6.92 Å². The van der Waals surface area contributed by atoms with Crippen molar-refractivity contribution in [3.8, 4) is 0 Å². The Bertz CT molecular complexity index is 750. The van der Waals surface area contributed by atoms with Gasteiger partial charge < -0.3 is 20.1 Å². The van der Waals surface area contributed by atoms with E-state index in [1.54, 1.807) is 31.3 Å². The first-order valence-electron chi connectivity index (χ1n) is 9.16. The standard InChI is InChI=1S/C19H25N5O3/c1-2-27-18(25)15-5-3-4-6-16(15)22-17-7-8-20-19(23-17)21-9-10-24-11-13-26-14-12-24/h3-8H,2,9-14H2,1H3,(H2,20,21,22,23). The third kappa shape index (κ3) is 5.63. The lowest BCUT2D eigenvalue weighted by Gasteiger charge is -2.26. The number of anilines is 3. The van der Waals surface area contributed by atoms with Gasteiger partial charge in [0.1, 0.15) is 5.82 Å². The Balaban J connectivity index is 1.60. The van der Waals surface area contributed by atoms with E-state index in [-0.39, 0.29) is 5.97 Å². The molecule has 0 aliphatic carbocycles. The van der Waals surface area contributed by atoms with Crippen LogP contribution in [0.25, 0.3) is 0 Å². The van der Waals surface area contributed by atoms with Crippen LogP contribution in [0.1, 0.15) is 17.3 Å². The van der Waals surface area contributed by atoms with E-state index in [1.165, 1.54) is 0 Å². The predicted octanol–water partition coefficient (Wildman–Crippen LogP) is 2.14. The predicted molar refractivity (Wildman–Crippen MR) is 103 cm³/mol. The molecule has 1 aliphatic heterocycles. The zero-order valence-electron chi connectivity index (χ0n) is 15.5. The maximum absolute atomic E-state index is 12.1. The quantitative estimate of drug-likeness (QED) is 0.683. The summed E-state index contributed by atoms with van der Waals surface area (Å²) in [6.45, 7) is 7.26. The molecule has 2 heterocycles. The fourth-order valence-corrected chi connectivity index (χ4v) is 2.78. The summed E-state index contributed by atoms with van der Waals surface area (Å²) in [6, 6.07) is 8.96.